The number of carbonyl (C=O) groups excluding carboxylic acids is 1. The van der Waals surface area contributed by atoms with E-state index in [2.05, 4.69) is 10.1 Å². The number of aliphatic carboxylic acids is 1. The molecule has 5 heteroatoms. The SMILES string of the molecule is CCOC(=O)NCC1(C(=O)O)CC1. The van der Waals surface area contributed by atoms with E-state index in [0.29, 0.717) is 19.4 Å². The first-order valence-electron chi connectivity index (χ1n) is 4.25. The van der Waals surface area contributed by atoms with Crippen molar-refractivity contribution in [1.82, 2.24) is 5.32 Å². The molecule has 1 amide bonds. The Morgan fingerprint density at radius 1 is 1.54 bits per heavy atom. The topological polar surface area (TPSA) is 75.6 Å². The van der Waals surface area contributed by atoms with Crippen molar-refractivity contribution < 1.29 is 19.4 Å². The lowest BCUT2D eigenvalue weighted by Crippen LogP contribution is -2.34. The highest BCUT2D eigenvalue weighted by Gasteiger charge is 2.50. The predicted octanol–water partition coefficient (Wildman–Crippen LogP) is 0.597. The lowest BCUT2D eigenvalue weighted by molar-refractivity contribution is -0.143. The largest absolute Gasteiger partial charge is 0.481 e. The summed E-state index contributed by atoms with van der Waals surface area (Å²) in [6.45, 7) is 2.16. The number of alkyl carbamates (subject to hydrolysis) is 1. The minimum absolute atomic E-state index is 0.168. The van der Waals surface area contributed by atoms with Crippen molar-refractivity contribution in [2.45, 2.75) is 19.8 Å². The molecule has 1 aliphatic carbocycles. The first-order chi connectivity index (χ1) is 6.10. The van der Waals surface area contributed by atoms with Gasteiger partial charge in [-0.2, -0.15) is 0 Å². The first kappa shape index (κ1) is 9.83. The Balaban J connectivity index is 2.26. The van der Waals surface area contributed by atoms with Crippen LogP contribution in [-0.2, 0) is 9.53 Å². The van der Waals surface area contributed by atoms with E-state index in [9.17, 15) is 9.59 Å². The lowest BCUT2D eigenvalue weighted by atomic mass is 10.1. The number of nitrogens with one attached hydrogen (secondary N) is 1. The van der Waals surface area contributed by atoms with Gasteiger partial charge < -0.3 is 15.2 Å². The van der Waals surface area contributed by atoms with Gasteiger partial charge in [0.2, 0.25) is 0 Å². The Bertz CT molecular complexity index is 222. The van der Waals surface area contributed by atoms with Crippen LogP contribution in [0.15, 0.2) is 0 Å². The minimum Gasteiger partial charge on any atom is -0.481 e. The highest BCUT2D eigenvalue weighted by molar-refractivity contribution is 5.79. The van der Waals surface area contributed by atoms with Gasteiger partial charge in [0.25, 0.3) is 0 Å². The zero-order valence-electron chi connectivity index (χ0n) is 7.50. The second-order valence-corrected chi connectivity index (χ2v) is 3.16. The Labute approximate surface area is 76.1 Å². The highest BCUT2D eigenvalue weighted by Crippen LogP contribution is 2.45. The number of carbonyl (C=O) groups is 2. The molecule has 13 heavy (non-hydrogen) atoms. The maximum Gasteiger partial charge on any atom is 0.407 e. The fraction of sp³-hybridized carbons (Fsp3) is 0.750. The third-order valence-corrected chi connectivity index (χ3v) is 2.15. The Kier molecular flexibility index (Phi) is 2.75. The monoisotopic (exact) mass is 187 g/mol. The normalized spacial score (nSPS) is 17.6. The van der Waals surface area contributed by atoms with Gasteiger partial charge >= 0.3 is 12.1 Å². The van der Waals surface area contributed by atoms with E-state index < -0.39 is 17.5 Å². The van der Waals surface area contributed by atoms with Crippen molar-refractivity contribution >= 4 is 12.1 Å². The second kappa shape index (κ2) is 3.64. The van der Waals surface area contributed by atoms with E-state index in [4.69, 9.17) is 5.11 Å². The molecule has 0 radical (unpaired) electrons. The molecule has 0 aromatic carbocycles. The van der Waals surface area contributed by atoms with E-state index >= 15 is 0 Å². The van der Waals surface area contributed by atoms with E-state index in [-0.39, 0.29) is 6.54 Å². The van der Waals surface area contributed by atoms with Crippen LogP contribution in [0.4, 0.5) is 4.79 Å². The summed E-state index contributed by atoms with van der Waals surface area (Å²) in [5.41, 5.74) is -0.716. The molecule has 1 aliphatic rings. The number of carboxylic acid groups (broad SMARTS) is 1. The molecule has 1 rings (SSSR count). The van der Waals surface area contributed by atoms with Crippen molar-refractivity contribution in [3.63, 3.8) is 0 Å². The lowest BCUT2D eigenvalue weighted by Gasteiger charge is -2.10. The molecule has 0 heterocycles. The van der Waals surface area contributed by atoms with Crippen LogP contribution in [0.1, 0.15) is 19.8 Å². The summed E-state index contributed by atoms with van der Waals surface area (Å²) >= 11 is 0. The zero-order valence-corrected chi connectivity index (χ0v) is 7.50. The number of hydrogen-bond donors (Lipinski definition) is 2. The molecule has 2 N–H and O–H groups in total. The number of ether oxygens (including phenoxy) is 1. The smallest absolute Gasteiger partial charge is 0.407 e. The van der Waals surface area contributed by atoms with E-state index in [1.807, 2.05) is 0 Å². The van der Waals surface area contributed by atoms with Crippen LogP contribution < -0.4 is 5.32 Å². The van der Waals surface area contributed by atoms with Crippen LogP contribution in [0.25, 0.3) is 0 Å². The van der Waals surface area contributed by atoms with Crippen molar-refractivity contribution in [3.05, 3.63) is 0 Å². The first-order valence-corrected chi connectivity index (χ1v) is 4.25. The van der Waals surface area contributed by atoms with Crippen LogP contribution in [0.5, 0.6) is 0 Å². The van der Waals surface area contributed by atoms with Gasteiger partial charge in [-0.15, -0.1) is 0 Å². The van der Waals surface area contributed by atoms with Gasteiger partial charge in [0.1, 0.15) is 0 Å². The van der Waals surface area contributed by atoms with Gasteiger partial charge in [-0.1, -0.05) is 0 Å². The summed E-state index contributed by atoms with van der Waals surface area (Å²) in [5, 5.41) is 11.2. The summed E-state index contributed by atoms with van der Waals surface area (Å²) < 4.78 is 4.60. The minimum atomic E-state index is -0.843. The summed E-state index contributed by atoms with van der Waals surface area (Å²) in [4.78, 5) is 21.5. The van der Waals surface area contributed by atoms with Crippen molar-refractivity contribution in [2.75, 3.05) is 13.2 Å². The summed E-state index contributed by atoms with van der Waals surface area (Å²) in [6, 6.07) is 0. The number of amides is 1. The molecule has 0 aromatic rings. The summed E-state index contributed by atoms with van der Waals surface area (Å²) in [6.07, 6.45) is 0.721. The number of carboxylic acids is 1. The van der Waals surface area contributed by atoms with Gasteiger partial charge in [-0.3, -0.25) is 4.79 Å². The predicted molar refractivity (Wildman–Crippen MR) is 44.3 cm³/mol. The highest BCUT2D eigenvalue weighted by atomic mass is 16.5. The Morgan fingerprint density at radius 3 is 2.54 bits per heavy atom. The van der Waals surface area contributed by atoms with Crippen LogP contribution in [-0.4, -0.2) is 30.3 Å². The average Bonchev–Trinajstić information content (AvgIpc) is 2.82. The van der Waals surface area contributed by atoms with E-state index in [0.717, 1.165) is 0 Å². The molecule has 5 nitrogen and oxygen atoms in total. The van der Waals surface area contributed by atoms with Crippen molar-refractivity contribution in [3.8, 4) is 0 Å². The molecule has 0 atom stereocenters. The van der Waals surface area contributed by atoms with Crippen LogP contribution in [0, 0.1) is 5.41 Å². The summed E-state index contributed by atoms with van der Waals surface area (Å²) in [7, 11) is 0. The Hall–Kier alpha value is -1.26. The molecule has 1 fully saturated rings. The van der Waals surface area contributed by atoms with Gasteiger partial charge in [0.05, 0.1) is 12.0 Å². The molecule has 0 bridgehead atoms. The maximum atomic E-state index is 10.8. The third-order valence-electron chi connectivity index (χ3n) is 2.15. The fourth-order valence-corrected chi connectivity index (χ4v) is 1.04. The fourth-order valence-electron chi connectivity index (χ4n) is 1.04. The molecule has 74 valence electrons. The average molecular weight is 187 g/mol. The number of hydrogen-bond acceptors (Lipinski definition) is 3. The van der Waals surface area contributed by atoms with Crippen molar-refractivity contribution in [2.24, 2.45) is 5.41 Å². The summed E-state index contributed by atoms with van der Waals surface area (Å²) in [5.74, 6) is -0.843. The molecule has 0 spiro atoms. The van der Waals surface area contributed by atoms with Gasteiger partial charge in [-0.25, -0.2) is 4.79 Å². The van der Waals surface area contributed by atoms with Gasteiger partial charge in [0.15, 0.2) is 0 Å². The van der Waals surface area contributed by atoms with Crippen molar-refractivity contribution in [1.29, 1.82) is 0 Å². The Morgan fingerprint density at radius 2 is 2.15 bits per heavy atom. The molecule has 0 saturated heterocycles. The van der Waals surface area contributed by atoms with Gasteiger partial charge in [-0.05, 0) is 19.8 Å². The molecule has 0 unspecified atom stereocenters. The van der Waals surface area contributed by atoms with Gasteiger partial charge in [0, 0.05) is 6.54 Å². The third kappa shape index (κ3) is 2.34. The van der Waals surface area contributed by atoms with Crippen LogP contribution >= 0.6 is 0 Å². The van der Waals surface area contributed by atoms with Crippen LogP contribution in [0.3, 0.4) is 0 Å². The number of rotatable bonds is 4. The molecular formula is C8H13NO4. The zero-order chi connectivity index (χ0) is 9.90. The molecular weight excluding hydrogens is 174 g/mol. The molecule has 0 aromatic heterocycles. The second-order valence-electron chi connectivity index (χ2n) is 3.16. The molecule has 1 saturated carbocycles. The van der Waals surface area contributed by atoms with E-state index in [1.165, 1.54) is 0 Å². The quantitative estimate of drug-likeness (QED) is 0.675. The van der Waals surface area contributed by atoms with E-state index in [1.54, 1.807) is 6.92 Å². The van der Waals surface area contributed by atoms with Crippen LogP contribution in [0.2, 0.25) is 0 Å². The molecule has 0 aliphatic heterocycles. The standard InChI is InChI=1S/C8H13NO4/c1-2-13-7(12)9-5-8(3-4-8)6(10)11/h2-5H2,1H3,(H,9,12)(H,10,11). The maximum absolute atomic E-state index is 10.8.